The highest BCUT2D eigenvalue weighted by molar-refractivity contribution is 14.1. The van der Waals surface area contributed by atoms with Crippen LogP contribution in [0.25, 0.3) is 0 Å². The van der Waals surface area contributed by atoms with E-state index in [4.69, 9.17) is 4.74 Å². The van der Waals surface area contributed by atoms with Gasteiger partial charge in [0.05, 0.1) is 6.54 Å². The van der Waals surface area contributed by atoms with Gasteiger partial charge in [-0.25, -0.2) is 0 Å². The summed E-state index contributed by atoms with van der Waals surface area (Å²) in [6.07, 6.45) is 0. The molecular weight excluding hydrogens is 367 g/mol. The molecule has 0 spiro atoms. The van der Waals surface area contributed by atoms with Gasteiger partial charge in [0.1, 0.15) is 12.4 Å². The second kappa shape index (κ2) is 5.89. The van der Waals surface area contributed by atoms with Crippen LogP contribution in [0.15, 0.2) is 18.2 Å². The lowest BCUT2D eigenvalue weighted by atomic mass is 10.2. The van der Waals surface area contributed by atoms with Gasteiger partial charge in [0.2, 0.25) is 5.91 Å². The van der Waals surface area contributed by atoms with Crippen LogP contribution in [-0.2, 0) is 4.79 Å². The normalized spacial score (nSPS) is 27.0. The van der Waals surface area contributed by atoms with Gasteiger partial charge in [-0.3, -0.25) is 4.79 Å². The molecule has 4 nitrogen and oxygen atoms in total. The number of rotatable bonds is 5. The van der Waals surface area contributed by atoms with Gasteiger partial charge in [-0.15, -0.1) is 0 Å². The Morgan fingerprint density at radius 2 is 2.20 bits per heavy atom. The van der Waals surface area contributed by atoms with E-state index in [0.717, 1.165) is 24.4 Å². The molecular formula is C15H19IN2O2. The molecule has 1 aliphatic heterocycles. The summed E-state index contributed by atoms with van der Waals surface area (Å²) in [4.78, 5) is 11.9. The van der Waals surface area contributed by atoms with Gasteiger partial charge in [0.15, 0.2) is 0 Å². The Labute approximate surface area is 132 Å². The third-order valence-corrected chi connectivity index (χ3v) is 4.86. The van der Waals surface area contributed by atoms with Crippen LogP contribution in [0, 0.1) is 28.2 Å². The minimum atomic E-state index is 0.199. The molecule has 1 aliphatic carbocycles. The van der Waals surface area contributed by atoms with Crippen LogP contribution in [0.2, 0.25) is 0 Å². The predicted molar refractivity (Wildman–Crippen MR) is 85.7 cm³/mol. The second-order valence-electron chi connectivity index (χ2n) is 5.56. The van der Waals surface area contributed by atoms with E-state index in [9.17, 15) is 4.79 Å². The van der Waals surface area contributed by atoms with Gasteiger partial charge in [-0.1, -0.05) is 0 Å². The molecule has 2 N–H and O–H groups in total. The molecule has 5 heteroatoms. The minimum Gasteiger partial charge on any atom is -0.491 e. The highest BCUT2D eigenvalue weighted by atomic mass is 127. The van der Waals surface area contributed by atoms with Crippen molar-refractivity contribution in [3.63, 3.8) is 0 Å². The lowest BCUT2D eigenvalue weighted by Gasteiger charge is -2.11. The van der Waals surface area contributed by atoms with Gasteiger partial charge < -0.3 is 15.4 Å². The summed E-state index contributed by atoms with van der Waals surface area (Å²) in [5.74, 6) is 2.50. The van der Waals surface area contributed by atoms with Gasteiger partial charge >= 0.3 is 0 Å². The summed E-state index contributed by atoms with van der Waals surface area (Å²) < 4.78 is 6.91. The van der Waals surface area contributed by atoms with Crippen molar-refractivity contribution in [2.24, 2.45) is 17.8 Å². The molecule has 3 atom stereocenters. The lowest BCUT2D eigenvalue weighted by Crippen LogP contribution is -2.32. The molecule has 3 rings (SSSR count). The number of nitrogens with one attached hydrogen (secondary N) is 2. The van der Waals surface area contributed by atoms with Crippen LogP contribution >= 0.6 is 22.6 Å². The van der Waals surface area contributed by atoms with Crippen molar-refractivity contribution in [1.82, 2.24) is 10.6 Å². The van der Waals surface area contributed by atoms with Crippen molar-refractivity contribution in [1.29, 1.82) is 0 Å². The third-order valence-electron chi connectivity index (χ3n) is 4.19. The first kappa shape index (κ1) is 14.1. The van der Waals surface area contributed by atoms with Crippen molar-refractivity contribution in [3.05, 3.63) is 27.3 Å². The molecule has 1 saturated heterocycles. The highest BCUT2D eigenvalue weighted by Gasteiger charge is 2.56. The molecule has 108 valence electrons. The van der Waals surface area contributed by atoms with E-state index >= 15 is 0 Å². The van der Waals surface area contributed by atoms with Gasteiger partial charge in [0.25, 0.3) is 0 Å². The number of aryl methyl sites for hydroxylation is 1. The standard InChI is InChI=1S/C15H19IN2O2/c1-9-6-10(16)2-3-13(9)20-5-4-18-15(19)14-11-7-17-8-12(11)14/h2-3,6,11-12,14,17H,4-5,7-8H2,1H3,(H,18,19)/t11-,12+,14+. The van der Waals surface area contributed by atoms with Gasteiger partial charge in [-0.05, 0) is 78.2 Å². The van der Waals surface area contributed by atoms with Crippen LogP contribution in [-0.4, -0.2) is 32.1 Å². The zero-order chi connectivity index (χ0) is 14.1. The molecule has 1 amide bonds. The Morgan fingerprint density at radius 3 is 2.90 bits per heavy atom. The molecule has 0 bridgehead atoms. The van der Waals surface area contributed by atoms with Crippen LogP contribution in [0.5, 0.6) is 5.75 Å². The number of amides is 1. The maximum absolute atomic E-state index is 11.9. The Morgan fingerprint density at radius 1 is 1.45 bits per heavy atom. The zero-order valence-corrected chi connectivity index (χ0v) is 13.6. The lowest BCUT2D eigenvalue weighted by molar-refractivity contribution is -0.123. The maximum Gasteiger partial charge on any atom is 0.223 e. The topological polar surface area (TPSA) is 50.4 Å². The minimum absolute atomic E-state index is 0.199. The fraction of sp³-hybridized carbons (Fsp3) is 0.533. The van der Waals surface area contributed by atoms with Crippen LogP contribution in [0.3, 0.4) is 0 Å². The molecule has 2 fully saturated rings. The van der Waals surface area contributed by atoms with Gasteiger partial charge in [-0.2, -0.15) is 0 Å². The predicted octanol–water partition coefficient (Wildman–Crippen LogP) is 1.56. The van der Waals surface area contributed by atoms with Crippen LogP contribution in [0.1, 0.15) is 5.56 Å². The first-order valence-corrected chi connectivity index (χ1v) is 8.12. The Bertz CT molecular complexity index is 511. The number of benzene rings is 1. The summed E-state index contributed by atoms with van der Waals surface area (Å²) in [5, 5.41) is 6.28. The number of carbonyl (C=O) groups is 1. The first-order valence-electron chi connectivity index (χ1n) is 7.04. The zero-order valence-electron chi connectivity index (χ0n) is 11.5. The Balaban J connectivity index is 1.39. The Hall–Kier alpha value is -0.820. The van der Waals surface area contributed by atoms with Crippen molar-refractivity contribution in [2.75, 3.05) is 26.2 Å². The molecule has 1 aromatic carbocycles. The fourth-order valence-electron chi connectivity index (χ4n) is 3.04. The largest absolute Gasteiger partial charge is 0.491 e. The summed E-state index contributed by atoms with van der Waals surface area (Å²) >= 11 is 2.29. The van der Waals surface area contributed by atoms with E-state index in [1.807, 2.05) is 19.1 Å². The van der Waals surface area contributed by atoms with Crippen molar-refractivity contribution in [2.45, 2.75) is 6.92 Å². The van der Waals surface area contributed by atoms with Crippen molar-refractivity contribution in [3.8, 4) is 5.75 Å². The average molecular weight is 386 g/mol. The van der Waals surface area contributed by atoms with E-state index in [-0.39, 0.29) is 11.8 Å². The summed E-state index contributed by atoms with van der Waals surface area (Å²) in [5.41, 5.74) is 1.13. The number of hydrogen-bond acceptors (Lipinski definition) is 3. The SMILES string of the molecule is Cc1cc(I)ccc1OCCNC(=O)[C@H]1[C@@H]2CNC[C@@H]21. The summed E-state index contributed by atoms with van der Waals surface area (Å²) in [6.45, 7) is 5.14. The van der Waals surface area contributed by atoms with Crippen molar-refractivity contribution >= 4 is 28.5 Å². The second-order valence-corrected chi connectivity index (χ2v) is 6.81. The molecule has 1 aromatic rings. The van der Waals surface area contributed by atoms with E-state index in [0.29, 0.717) is 25.0 Å². The summed E-state index contributed by atoms with van der Waals surface area (Å²) in [6, 6.07) is 6.10. The fourth-order valence-corrected chi connectivity index (χ4v) is 3.68. The first-order chi connectivity index (χ1) is 9.66. The molecule has 0 radical (unpaired) electrons. The van der Waals surface area contributed by atoms with E-state index in [1.54, 1.807) is 0 Å². The summed E-state index contributed by atoms with van der Waals surface area (Å²) in [7, 11) is 0. The molecule has 1 saturated carbocycles. The van der Waals surface area contributed by atoms with Crippen LogP contribution < -0.4 is 15.4 Å². The molecule has 0 unspecified atom stereocenters. The molecule has 1 heterocycles. The number of hydrogen-bond donors (Lipinski definition) is 2. The quantitative estimate of drug-likeness (QED) is 0.597. The van der Waals surface area contributed by atoms with Gasteiger partial charge in [0, 0.05) is 9.49 Å². The average Bonchev–Trinajstić information content (AvgIpc) is 2.90. The number of halogens is 1. The van der Waals surface area contributed by atoms with Crippen LogP contribution in [0.4, 0.5) is 0 Å². The number of fused-ring (bicyclic) bond motifs is 1. The number of ether oxygens (including phenoxy) is 1. The molecule has 0 aromatic heterocycles. The molecule has 2 aliphatic rings. The van der Waals surface area contributed by atoms with Crippen molar-refractivity contribution < 1.29 is 9.53 Å². The van der Waals surface area contributed by atoms with E-state index < -0.39 is 0 Å². The number of carbonyl (C=O) groups excluding carboxylic acids is 1. The highest BCUT2D eigenvalue weighted by Crippen LogP contribution is 2.48. The smallest absolute Gasteiger partial charge is 0.223 e. The third kappa shape index (κ3) is 2.93. The van der Waals surface area contributed by atoms with E-state index in [2.05, 4.69) is 39.3 Å². The molecule has 20 heavy (non-hydrogen) atoms. The Kier molecular flexibility index (Phi) is 4.16. The van der Waals surface area contributed by atoms with E-state index in [1.165, 1.54) is 3.57 Å². The maximum atomic E-state index is 11.9. The number of piperidine rings is 1. The monoisotopic (exact) mass is 386 g/mol.